The first kappa shape index (κ1) is 10.5. The molecule has 1 heterocycles. The number of hydrogen-bond acceptors (Lipinski definition) is 4. The maximum atomic E-state index is 9.52. The molecule has 2 N–H and O–H groups in total. The molecule has 4 heteroatoms. The van der Waals surface area contributed by atoms with Gasteiger partial charge in [0, 0.05) is 19.0 Å². The van der Waals surface area contributed by atoms with Gasteiger partial charge in [-0.3, -0.25) is 4.90 Å². The van der Waals surface area contributed by atoms with Gasteiger partial charge in [0.05, 0.1) is 17.9 Å². The summed E-state index contributed by atoms with van der Waals surface area (Å²) in [6, 6.07) is 0.372. The lowest BCUT2D eigenvalue weighted by Crippen LogP contribution is -2.49. The third kappa shape index (κ3) is 1.55. The number of aliphatic hydroxyl groups excluding tert-OH is 1. The smallest absolute Gasteiger partial charge is 0.0775 e. The van der Waals surface area contributed by atoms with Gasteiger partial charge in [0.2, 0.25) is 0 Å². The fourth-order valence-electron chi connectivity index (χ4n) is 3.84. The van der Waals surface area contributed by atoms with Gasteiger partial charge in [-0.1, -0.05) is 5.16 Å². The number of aliphatic hydroxyl groups is 1. The SMILES string of the molecule is O/N=C1\C2CCC(C2)C1N1CCC(O)CC1. The van der Waals surface area contributed by atoms with Crippen LogP contribution in [0.1, 0.15) is 32.1 Å². The van der Waals surface area contributed by atoms with Crippen LogP contribution < -0.4 is 0 Å². The average molecular weight is 224 g/mol. The Morgan fingerprint density at radius 2 is 1.88 bits per heavy atom. The number of nitrogens with zero attached hydrogens (tertiary/aromatic N) is 2. The standard InChI is InChI=1S/C12H20N2O2/c15-10-3-5-14(6-4-10)12-9-2-1-8(7-9)11(12)13-16/h8-10,12,15-16H,1-7H2/b13-11+. The number of rotatable bonds is 1. The highest BCUT2D eigenvalue weighted by Gasteiger charge is 2.48. The van der Waals surface area contributed by atoms with Crippen LogP contribution in [-0.2, 0) is 0 Å². The molecule has 2 aliphatic carbocycles. The van der Waals surface area contributed by atoms with Crippen molar-refractivity contribution in [1.29, 1.82) is 0 Å². The van der Waals surface area contributed by atoms with Gasteiger partial charge in [0.25, 0.3) is 0 Å². The fourth-order valence-corrected chi connectivity index (χ4v) is 3.84. The highest BCUT2D eigenvalue weighted by atomic mass is 16.4. The lowest BCUT2D eigenvalue weighted by atomic mass is 9.90. The molecule has 3 unspecified atom stereocenters. The predicted octanol–water partition coefficient (Wildman–Crippen LogP) is 1.07. The fraction of sp³-hybridized carbons (Fsp3) is 0.917. The molecule has 0 spiro atoms. The van der Waals surface area contributed by atoms with Gasteiger partial charge in [-0.2, -0.15) is 0 Å². The van der Waals surface area contributed by atoms with E-state index in [2.05, 4.69) is 10.1 Å². The molecule has 2 bridgehead atoms. The monoisotopic (exact) mass is 224 g/mol. The van der Waals surface area contributed by atoms with Crippen LogP contribution in [0, 0.1) is 11.8 Å². The van der Waals surface area contributed by atoms with Crippen LogP contribution in [0.4, 0.5) is 0 Å². The molecule has 0 aromatic heterocycles. The molecule has 1 saturated heterocycles. The quantitative estimate of drug-likeness (QED) is 0.517. The molecule has 16 heavy (non-hydrogen) atoms. The van der Waals surface area contributed by atoms with Crippen LogP contribution >= 0.6 is 0 Å². The van der Waals surface area contributed by atoms with Crippen molar-refractivity contribution < 1.29 is 10.3 Å². The lowest BCUT2D eigenvalue weighted by Gasteiger charge is -2.38. The molecule has 0 amide bonds. The van der Waals surface area contributed by atoms with E-state index in [1.165, 1.54) is 19.3 Å². The van der Waals surface area contributed by atoms with Crippen LogP contribution in [0.2, 0.25) is 0 Å². The maximum Gasteiger partial charge on any atom is 0.0775 e. The van der Waals surface area contributed by atoms with Gasteiger partial charge in [-0.05, 0) is 38.0 Å². The second-order valence-corrected chi connectivity index (χ2v) is 5.51. The summed E-state index contributed by atoms with van der Waals surface area (Å²) in [6.45, 7) is 1.90. The van der Waals surface area contributed by atoms with E-state index in [9.17, 15) is 5.11 Å². The van der Waals surface area contributed by atoms with Crippen molar-refractivity contribution in [3.05, 3.63) is 0 Å². The predicted molar refractivity (Wildman–Crippen MR) is 60.7 cm³/mol. The molecular formula is C12H20N2O2. The third-order valence-corrected chi connectivity index (χ3v) is 4.65. The number of piperidine rings is 1. The van der Waals surface area contributed by atoms with E-state index < -0.39 is 0 Å². The minimum Gasteiger partial charge on any atom is -0.411 e. The minimum absolute atomic E-state index is 0.121. The van der Waals surface area contributed by atoms with Crippen molar-refractivity contribution in [3.8, 4) is 0 Å². The largest absolute Gasteiger partial charge is 0.411 e. The Hall–Kier alpha value is -0.610. The van der Waals surface area contributed by atoms with Crippen molar-refractivity contribution >= 4 is 5.71 Å². The molecule has 4 nitrogen and oxygen atoms in total. The maximum absolute atomic E-state index is 9.52. The summed E-state index contributed by atoms with van der Waals surface area (Å²) in [4.78, 5) is 2.42. The summed E-state index contributed by atoms with van der Waals surface area (Å²) < 4.78 is 0. The summed E-state index contributed by atoms with van der Waals surface area (Å²) >= 11 is 0. The molecule has 3 rings (SSSR count). The van der Waals surface area contributed by atoms with Gasteiger partial charge in [0.15, 0.2) is 0 Å². The van der Waals surface area contributed by atoms with E-state index in [4.69, 9.17) is 5.21 Å². The molecule has 3 aliphatic rings. The summed E-state index contributed by atoms with van der Waals surface area (Å²) in [5.74, 6) is 1.23. The normalized spacial score (nSPS) is 43.3. The summed E-state index contributed by atoms with van der Waals surface area (Å²) in [7, 11) is 0. The lowest BCUT2D eigenvalue weighted by molar-refractivity contribution is 0.0633. The summed E-state index contributed by atoms with van der Waals surface area (Å²) in [5.41, 5.74) is 1.02. The van der Waals surface area contributed by atoms with Crippen molar-refractivity contribution in [2.45, 2.75) is 44.2 Å². The van der Waals surface area contributed by atoms with Crippen molar-refractivity contribution in [2.24, 2.45) is 17.0 Å². The van der Waals surface area contributed by atoms with Crippen LogP contribution in [-0.4, -0.2) is 46.2 Å². The Morgan fingerprint density at radius 1 is 1.12 bits per heavy atom. The number of likely N-dealkylation sites (tertiary alicyclic amines) is 1. The van der Waals surface area contributed by atoms with E-state index in [-0.39, 0.29) is 6.10 Å². The van der Waals surface area contributed by atoms with E-state index in [0.29, 0.717) is 17.9 Å². The molecule has 1 aliphatic heterocycles. The molecule has 2 saturated carbocycles. The second kappa shape index (κ2) is 4.00. The van der Waals surface area contributed by atoms with Gasteiger partial charge in [-0.15, -0.1) is 0 Å². The summed E-state index contributed by atoms with van der Waals surface area (Å²) in [5, 5.41) is 22.2. The first-order valence-electron chi connectivity index (χ1n) is 6.43. The third-order valence-electron chi connectivity index (χ3n) is 4.65. The molecule has 3 fully saturated rings. The molecule has 90 valence electrons. The first-order chi connectivity index (χ1) is 7.79. The minimum atomic E-state index is -0.121. The van der Waals surface area contributed by atoms with Crippen molar-refractivity contribution in [2.75, 3.05) is 13.1 Å². The van der Waals surface area contributed by atoms with Gasteiger partial charge in [-0.25, -0.2) is 0 Å². The average Bonchev–Trinajstić information content (AvgIpc) is 2.89. The molecule has 0 aromatic carbocycles. The van der Waals surface area contributed by atoms with Crippen LogP contribution in [0.15, 0.2) is 5.16 Å². The van der Waals surface area contributed by atoms with Crippen molar-refractivity contribution in [3.63, 3.8) is 0 Å². The van der Waals surface area contributed by atoms with E-state index in [0.717, 1.165) is 31.6 Å². The number of fused-ring (bicyclic) bond motifs is 2. The highest BCUT2D eigenvalue weighted by Crippen LogP contribution is 2.45. The van der Waals surface area contributed by atoms with Crippen molar-refractivity contribution in [1.82, 2.24) is 4.90 Å². The van der Waals surface area contributed by atoms with Crippen LogP contribution in [0.5, 0.6) is 0 Å². The Morgan fingerprint density at radius 3 is 2.56 bits per heavy atom. The Balaban J connectivity index is 1.74. The van der Waals surface area contributed by atoms with E-state index >= 15 is 0 Å². The van der Waals surface area contributed by atoms with Crippen LogP contribution in [0.25, 0.3) is 0 Å². The molecule has 3 atom stereocenters. The summed E-state index contributed by atoms with van der Waals surface area (Å²) in [6.07, 6.45) is 5.32. The molecular weight excluding hydrogens is 204 g/mol. The van der Waals surface area contributed by atoms with E-state index in [1.807, 2.05) is 0 Å². The van der Waals surface area contributed by atoms with Gasteiger partial charge in [0.1, 0.15) is 0 Å². The zero-order valence-electron chi connectivity index (χ0n) is 9.55. The van der Waals surface area contributed by atoms with Crippen LogP contribution in [0.3, 0.4) is 0 Å². The highest BCUT2D eigenvalue weighted by molar-refractivity contribution is 5.94. The molecule has 0 aromatic rings. The Labute approximate surface area is 95.9 Å². The zero-order chi connectivity index (χ0) is 11.1. The van der Waals surface area contributed by atoms with Gasteiger partial charge < -0.3 is 10.3 Å². The Bertz CT molecular complexity index is 297. The van der Waals surface area contributed by atoms with Gasteiger partial charge >= 0.3 is 0 Å². The zero-order valence-corrected chi connectivity index (χ0v) is 9.55. The second-order valence-electron chi connectivity index (χ2n) is 5.51. The number of hydrogen-bond donors (Lipinski definition) is 2. The van der Waals surface area contributed by atoms with E-state index in [1.54, 1.807) is 0 Å². The Kier molecular flexibility index (Phi) is 2.64. The first-order valence-corrected chi connectivity index (χ1v) is 6.43. The number of oxime groups is 1. The molecule has 0 radical (unpaired) electrons. The topological polar surface area (TPSA) is 56.1 Å².